The Hall–Kier alpha value is -3.36. The number of halogens is 2. The number of hydrogen-bond acceptors (Lipinski definition) is 5. The molecule has 0 aliphatic carbocycles. The van der Waals surface area contributed by atoms with E-state index < -0.39 is 0 Å². The van der Waals surface area contributed by atoms with Gasteiger partial charge in [0.2, 0.25) is 11.8 Å². The fraction of sp³-hybridized carbons (Fsp3) is 0.400. The molecule has 0 bridgehead atoms. The maximum absolute atomic E-state index is 13.8. The molecule has 2 aliphatic rings. The summed E-state index contributed by atoms with van der Waals surface area (Å²) in [6.45, 7) is 3.72. The van der Waals surface area contributed by atoms with E-state index >= 15 is 0 Å². The second-order valence-corrected chi connectivity index (χ2v) is 11.3. The van der Waals surface area contributed by atoms with Crippen molar-refractivity contribution in [2.45, 2.75) is 38.1 Å². The summed E-state index contributed by atoms with van der Waals surface area (Å²) in [4.78, 5) is 48.8. The van der Waals surface area contributed by atoms with Crippen LogP contribution in [0, 0.1) is 5.92 Å². The number of piperidine rings is 2. The first kappa shape index (κ1) is 28.2. The Balaban J connectivity index is 1.39. The summed E-state index contributed by atoms with van der Waals surface area (Å²) >= 11 is 12.6. The highest BCUT2D eigenvalue weighted by Gasteiger charge is 2.40. The summed E-state index contributed by atoms with van der Waals surface area (Å²) in [7, 11) is 1.77. The quantitative estimate of drug-likeness (QED) is 0.404. The van der Waals surface area contributed by atoms with Crippen molar-refractivity contribution in [1.29, 1.82) is 0 Å². The minimum absolute atomic E-state index is 0.0432. The summed E-state index contributed by atoms with van der Waals surface area (Å²) < 4.78 is 5.62. The molecule has 3 aromatic rings. The zero-order valence-electron chi connectivity index (χ0n) is 22.6. The number of carbonyl (C=O) groups is 3. The molecule has 8 nitrogen and oxygen atoms in total. The number of hydrogen-bond donors (Lipinski definition) is 0. The molecule has 10 heteroatoms. The fourth-order valence-electron chi connectivity index (χ4n) is 5.88. The molecule has 5 rings (SSSR count). The predicted octanol–water partition coefficient (Wildman–Crippen LogP) is 5.36. The van der Waals surface area contributed by atoms with Gasteiger partial charge in [-0.2, -0.15) is 0 Å². The Labute approximate surface area is 243 Å². The second kappa shape index (κ2) is 12.0. The number of benzene rings is 2. The molecule has 210 valence electrons. The van der Waals surface area contributed by atoms with Gasteiger partial charge in [0, 0.05) is 63.6 Å². The lowest BCUT2D eigenvalue weighted by atomic mass is 9.83. The first-order chi connectivity index (χ1) is 19.2. The highest BCUT2D eigenvalue weighted by Crippen LogP contribution is 2.36. The van der Waals surface area contributed by atoms with Crippen LogP contribution >= 0.6 is 23.2 Å². The molecule has 0 unspecified atom stereocenters. The summed E-state index contributed by atoms with van der Waals surface area (Å²) in [5.74, 6) is 0.00705. The molecule has 40 heavy (non-hydrogen) atoms. The van der Waals surface area contributed by atoms with Crippen molar-refractivity contribution < 1.29 is 18.8 Å². The van der Waals surface area contributed by atoms with Gasteiger partial charge in [0.1, 0.15) is 0 Å². The topological polar surface area (TPSA) is 87.0 Å². The van der Waals surface area contributed by atoms with Crippen LogP contribution in [0.1, 0.15) is 48.2 Å². The number of aromatic nitrogens is 1. The molecule has 3 amide bonds. The summed E-state index contributed by atoms with van der Waals surface area (Å²) in [6, 6.07) is 14.7. The van der Waals surface area contributed by atoms with Crippen molar-refractivity contribution >= 4 is 40.9 Å². The Bertz CT molecular complexity index is 1390. The van der Waals surface area contributed by atoms with E-state index in [2.05, 4.69) is 4.98 Å². The van der Waals surface area contributed by atoms with Gasteiger partial charge in [-0.25, -0.2) is 4.98 Å². The molecule has 2 fully saturated rings. The van der Waals surface area contributed by atoms with Crippen LogP contribution in [-0.2, 0) is 9.59 Å². The first-order valence-electron chi connectivity index (χ1n) is 13.5. The van der Waals surface area contributed by atoms with E-state index in [4.69, 9.17) is 27.6 Å². The van der Waals surface area contributed by atoms with Crippen molar-refractivity contribution in [3.63, 3.8) is 0 Å². The van der Waals surface area contributed by atoms with Crippen LogP contribution in [0.5, 0.6) is 0 Å². The van der Waals surface area contributed by atoms with Gasteiger partial charge in [-0.1, -0.05) is 59.6 Å². The van der Waals surface area contributed by atoms with Crippen LogP contribution < -0.4 is 0 Å². The Morgan fingerprint density at radius 1 is 0.950 bits per heavy atom. The largest absolute Gasteiger partial charge is 0.443 e. The third-order valence-corrected chi connectivity index (χ3v) is 8.91. The van der Waals surface area contributed by atoms with E-state index in [0.29, 0.717) is 61.2 Å². The number of carbonyl (C=O) groups excluding carboxylic acids is 3. The molecule has 0 spiro atoms. The van der Waals surface area contributed by atoms with Crippen molar-refractivity contribution in [2.24, 2.45) is 5.92 Å². The highest BCUT2D eigenvalue weighted by atomic mass is 35.5. The van der Waals surface area contributed by atoms with Gasteiger partial charge in [0.25, 0.3) is 5.91 Å². The molecule has 0 N–H and O–H groups in total. The number of likely N-dealkylation sites (tertiary alicyclic amines) is 2. The summed E-state index contributed by atoms with van der Waals surface area (Å²) in [5, 5.41) is 0.872. The maximum Gasteiger partial charge on any atom is 0.276 e. The molecule has 2 aliphatic heterocycles. The zero-order chi connectivity index (χ0) is 28.4. The van der Waals surface area contributed by atoms with Gasteiger partial charge in [0.15, 0.2) is 17.8 Å². The van der Waals surface area contributed by atoms with Gasteiger partial charge in [-0.3, -0.25) is 14.4 Å². The van der Waals surface area contributed by atoms with Gasteiger partial charge in [-0.15, -0.1) is 0 Å². The van der Waals surface area contributed by atoms with Crippen LogP contribution in [0.2, 0.25) is 10.0 Å². The molecule has 2 aromatic carbocycles. The molecule has 2 atom stereocenters. The van der Waals surface area contributed by atoms with Crippen molar-refractivity contribution in [3.05, 3.63) is 76.2 Å². The third-order valence-electron chi connectivity index (χ3n) is 8.17. The zero-order valence-corrected chi connectivity index (χ0v) is 24.1. The van der Waals surface area contributed by atoms with Gasteiger partial charge >= 0.3 is 0 Å². The average molecular weight is 584 g/mol. The van der Waals surface area contributed by atoms with Crippen molar-refractivity contribution in [1.82, 2.24) is 19.7 Å². The number of oxazole rings is 1. The van der Waals surface area contributed by atoms with Gasteiger partial charge in [-0.05, 0) is 37.0 Å². The fourth-order valence-corrected chi connectivity index (χ4v) is 6.19. The molecule has 1 aromatic heterocycles. The Kier molecular flexibility index (Phi) is 8.47. The van der Waals surface area contributed by atoms with Crippen molar-refractivity contribution in [3.8, 4) is 11.3 Å². The molecular formula is C30H32Cl2N4O4. The molecule has 0 saturated carbocycles. The van der Waals surface area contributed by atoms with E-state index in [-0.39, 0.29) is 41.3 Å². The SMILES string of the molecule is CC(=O)N1CCC(C(=O)N2CC[C@@H](N(C)C(=O)c3ncoc3-c3ccccc3)[C@H](c3ccc(Cl)c(Cl)c3)C2)CC1. The number of rotatable bonds is 5. The number of amides is 3. The van der Waals surface area contributed by atoms with E-state index in [9.17, 15) is 14.4 Å². The van der Waals surface area contributed by atoms with Gasteiger partial charge < -0.3 is 19.1 Å². The lowest BCUT2D eigenvalue weighted by Crippen LogP contribution is -2.53. The number of nitrogens with zero attached hydrogens (tertiary/aromatic N) is 4. The molecule has 3 heterocycles. The van der Waals surface area contributed by atoms with Crippen LogP contribution in [-0.4, -0.2) is 76.7 Å². The third kappa shape index (κ3) is 5.74. The number of likely N-dealkylation sites (N-methyl/N-ethyl adjacent to an activating group) is 1. The molecule has 0 radical (unpaired) electrons. The lowest BCUT2D eigenvalue weighted by molar-refractivity contribution is -0.141. The Morgan fingerprint density at radius 3 is 2.33 bits per heavy atom. The minimum atomic E-state index is -0.251. The molecule has 2 saturated heterocycles. The lowest BCUT2D eigenvalue weighted by Gasteiger charge is -2.44. The smallest absolute Gasteiger partial charge is 0.276 e. The Morgan fingerprint density at radius 2 is 1.65 bits per heavy atom. The second-order valence-electron chi connectivity index (χ2n) is 10.5. The minimum Gasteiger partial charge on any atom is -0.443 e. The van der Waals surface area contributed by atoms with Crippen LogP contribution in [0.4, 0.5) is 0 Å². The van der Waals surface area contributed by atoms with Crippen LogP contribution in [0.25, 0.3) is 11.3 Å². The van der Waals surface area contributed by atoms with Crippen LogP contribution in [0.15, 0.2) is 59.3 Å². The maximum atomic E-state index is 13.8. The van der Waals surface area contributed by atoms with Crippen LogP contribution in [0.3, 0.4) is 0 Å². The summed E-state index contributed by atoms with van der Waals surface area (Å²) in [6.07, 6.45) is 3.19. The van der Waals surface area contributed by atoms with E-state index in [1.165, 1.54) is 6.39 Å². The van der Waals surface area contributed by atoms with E-state index in [1.54, 1.807) is 29.8 Å². The predicted molar refractivity (Wildman–Crippen MR) is 153 cm³/mol. The van der Waals surface area contributed by atoms with Crippen molar-refractivity contribution in [2.75, 3.05) is 33.2 Å². The van der Waals surface area contributed by atoms with E-state index in [1.807, 2.05) is 47.4 Å². The average Bonchev–Trinajstić information content (AvgIpc) is 3.48. The monoisotopic (exact) mass is 582 g/mol. The summed E-state index contributed by atoms with van der Waals surface area (Å²) in [5.41, 5.74) is 1.93. The first-order valence-corrected chi connectivity index (χ1v) is 14.3. The van der Waals surface area contributed by atoms with E-state index in [0.717, 1.165) is 11.1 Å². The highest BCUT2D eigenvalue weighted by molar-refractivity contribution is 6.42. The molecular weight excluding hydrogens is 551 g/mol. The standard InChI is InChI=1S/C30H32Cl2N4O4/c1-19(37)35-13-10-21(11-14-35)29(38)36-15-12-26(23(17-36)22-8-9-24(31)25(32)16-22)34(2)30(39)27-28(40-18-33-27)20-6-4-3-5-7-20/h3-9,16,18,21,23,26H,10-15,17H2,1-2H3/t23-,26+/m0/s1. The van der Waals surface area contributed by atoms with Gasteiger partial charge in [0.05, 0.1) is 10.0 Å². The normalized spacial score (nSPS) is 19.9.